The molecule has 33 heteroatoms. The summed E-state index contributed by atoms with van der Waals surface area (Å²) < 4.78 is 32.0. The predicted molar refractivity (Wildman–Crippen MR) is 552 cm³/mol. The summed E-state index contributed by atoms with van der Waals surface area (Å²) in [5.41, 5.74) is 15.7. The van der Waals surface area contributed by atoms with Crippen molar-refractivity contribution in [3.8, 4) is 57.0 Å². The molecular formula is C108H135N25O8. The number of nitrogens with zero attached hydrogens (tertiary/aromatic N) is 20. The van der Waals surface area contributed by atoms with Gasteiger partial charge in [0, 0.05) is 176 Å². The predicted octanol–water partition coefficient (Wildman–Crippen LogP) is 16.7. The lowest BCUT2D eigenvalue weighted by atomic mass is 10.0. The van der Waals surface area contributed by atoms with Crippen LogP contribution in [-0.4, -0.2) is 239 Å². The van der Waals surface area contributed by atoms with E-state index in [0.717, 1.165) is 273 Å². The van der Waals surface area contributed by atoms with E-state index in [4.69, 9.17) is 52.3 Å². The highest BCUT2D eigenvalue weighted by Gasteiger charge is 2.34. The Bertz CT molecular complexity index is 6140. The lowest BCUT2D eigenvalue weighted by Crippen LogP contribution is -2.46. The lowest BCUT2D eigenvalue weighted by molar-refractivity contribution is 0.183. The zero-order valence-electron chi connectivity index (χ0n) is 83.5. The number of piperidine rings is 5. The van der Waals surface area contributed by atoms with E-state index in [-0.39, 0.29) is 12.2 Å². The number of aliphatic hydroxyl groups is 2. The Morgan fingerprint density at radius 3 is 0.823 bits per heavy atom. The quantitative estimate of drug-likeness (QED) is 0.0295. The molecule has 6 saturated heterocycles. The average molecular weight is 1910 g/mol. The fraction of sp³-hybridized carbons (Fsp3) is 0.491. The molecule has 16 heterocycles. The van der Waals surface area contributed by atoms with E-state index in [9.17, 15) is 10.2 Å². The monoisotopic (exact) mass is 1910 g/mol. The van der Waals surface area contributed by atoms with Crippen LogP contribution in [0.4, 0.5) is 29.1 Å². The van der Waals surface area contributed by atoms with Crippen molar-refractivity contribution in [3.05, 3.63) is 179 Å². The molecule has 33 nitrogen and oxygen atoms in total. The zero-order valence-corrected chi connectivity index (χ0v) is 83.5. The van der Waals surface area contributed by atoms with Crippen molar-refractivity contribution in [1.82, 2.24) is 102 Å². The Kier molecular flexibility index (Phi) is 30.6. The molecule has 23 rings (SSSR count). The zero-order chi connectivity index (χ0) is 97.3. The first kappa shape index (κ1) is 97.4. The second-order valence-electron chi connectivity index (χ2n) is 40.2. The van der Waals surface area contributed by atoms with Crippen LogP contribution in [0.5, 0.6) is 0 Å². The van der Waals surface area contributed by atoms with Gasteiger partial charge < -0.3 is 88.6 Å². The third-order valence-electron chi connectivity index (χ3n) is 28.1. The van der Waals surface area contributed by atoms with Gasteiger partial charge in [-0.2, -0.15) is 24.9 Å². The van der Waals surface area contributed by atoms with E-state index >= 15 is 0 Å². The lowest BCUT2D eigenvalue weighted by Gasteiger charge is -2.35. The topological polar surface area (TPSA) is 385 Å². The first-order valence-electron chi connectivity index (χ1n) is 50.9. The molecule has 10 aromatic heterocycles. The van der Waals surface area contributed by atoms with Gasteiger partial charge in [-0.25, -0.2) is 24.9 Å². The highest BCUT2D eigenvalue weighted by atomic mass is 16.5. The first-order chi connectivity index (χ1) is 68.4. The van der Waals surface area contributed by atoms with Crippen molar-refractivity contribution in [3.63, 3.8) is 0 Å². The normalized spacial score (nSPS) is 18.1. The van der Waals surface area contributed by atoms with E-state index < -0.39 is 0 Å². The minimum atomic E-state index is -0.322. The number of nitrogens with one attached hydrogen (secondary N) is 5. The number of hydrogen-bond donors (Lipinski definition) is 7. The Morgan fingerprint density at radius 1 is 0.298 bits per heavy atom. The van der Waals surface area contributed by atoms with Gasteiger partial charge in [-0.05, 0) is 268 Å². The van der Waals surface area contributed by atoms with Gasteiger partial charge in [0.1, 0.15) is 29.1 Å². The van der Waals surface area contributed by atoms with Crippen molar-refractivity contribution in [2.75, 3.05) is 129 Å². The number of anilines is 5. The highest BCUT2D eigenvalue weighted by molar-refractivity contribution is 5.93. The maximum absolute atomic E-state index is 9.49. The highest BCUT2D eigenvalue weighted by Crippen LogP contribution is 2.41. The second kappa shape index (κ2) is 44.4. The Balaban J connectivity index is 0.000000112. The summed E-state index contributed by atoms with van der Waals surface area (Å²) in [5.74, 6) is 12.4. The number of benzene rings is 5. The fourth-order valence-corrected chi connectivity index (χ4v) is 19.9. The number of hydrogen-bond acceptors (Lipinski definition) is 33. The van der Waals surface area contributed by atoms with Gasteiger partial charge in [-0.3, -0.25) is 0 Å². The molecule has 5 aromatic carbocycles. The van der Waals surface area contributed by atoms with Crippen molar-refractivity contribution < 1.29 is 37.6 Å². The third kappa shape index (κ3) is 24.8. The molecule has 0 bridgehead atoms. The maximum atomic E-state index is 9.49. The summed E-state index contributed by atoms with van der Waals surface area (Å²) in [5, 5.41) is 63.2. The second-order valence-corrected chi connectivity index (χ2v) is 40.2. The molecule has 141 heavy (non-hydrogen) atoms. The van der Waals surface area contributed by atoms with Gasteiger partial charge in [-0.1, -0.05) is 83.9 Å². The summed E-state index contributed by atoms with van der Waals surface area (Å²) in [6.07, 6.45) is 16.9. The molecule has 0 spiro atoms. The molecule has 740 valence electrons. The van der Waals surface area contributed by atoms with Crippen LogP contribution < -0.4 is 51.1 Å². The van der Waals surface area contributed by atoms with Crippen LogP contribution in [0.3, 0.4) is 0 Å². The molecule has 1 unspecified atom stereocenters. The molecule has 7 N–H and O–H groups in total. The molecule has 8 aliphatic rings. The van der Waals surface area contributed by atoms with Gasteiger partial charge in [0.25, 0.3) is 5.89 Å². The van der Waals surface area contributed by atoms with Crippen molar-refractivity contribution in [1.29, 1.82) is 0 Å². The van der Waals surface area contributed by atoms with Crippen LogP contribution in [0.25, 0.3) is 112 Å². The Labute approximate surface area is 823 Å². The molecule has 0 radical (unpaired) electrons. The van der Waals surface area contributed by atoms with E-state index in [1.807, 2.05) is 34.6 Å². The molecule has 2 saturated carbocycles. The first-order valence-corrected chi connectivity index (χ1v) is 50.9. The van der Waals surface area contributed by atoms with Crippen LogP contribution in [0, 0.1) is 81.1 Å². The molecule has 0 amide bonds. The number of aromatic nitrogens is 15. The van der Waals surface area contributed by atoms with E-state index in [1.54, 1.807) is 13.8 Å². The van der Waals surface area contributed by atoms with Gasteiger partial charge in [0.05, 0.1) is 74.2 Å². The molecule has 15 aromatic rings. The molecule has 3 atom stereocenters. The third-order valence-corrected chi connectivity index (χ3v) is 28.1. The van der Waals surface area contributed by atoms with E-state index in [1.165, 1.54) is 66.6 Å². The van der Waals surface area contributed by atoms with E-state index in [2.05, 4.69) is 258 Å². The Hall–Kier alpha value is -12.5. The number of ether oxygens (including phenoxy) is 1. The minimum Gasteiger partial charge on any atom is -0.392 e. The van der Waals surface area contributed by atoms with Crippen LogP contribution in [-0.2, 0) is 4.74 Å². The summed E-state index contributed by atoms with van der Waals surface area (Å²) in [4.78, 5) is 59.1. The van der Waals surface area contributed by atoms with Crippen LogP contribution in [0.15, 0.2) is 144 Å². The SMILES string of the molecule is Cc1ccc2nc(N3CCC(NC4CCOC4)CC3)c(-c3noc(C)n3)cc2c1.Cc1ccc2nc(N3CCC(NCC4CC4)CC3)c(-c3nc(C)no3)cc2c1.Cc1ccc2nc(N3CCC(NCC4CC4)CC3)c(-c3noc(C)n3)cc2c1.Cc1ccc2nc(N3CCC(NC[C@@H](C)O)CC3)c(-c3noc(C)n3)cc2c1.Cc1ccc2nc(N3CCC(NC[C@H](C)O)CC3)c(-c3noc(C)n3)cc2c1. The number of fused-ring (bicyclic) bond motifs is 5. The molecular weight excluding hydrogens is 1780 g/mol. The van der Waals surface area contributed by atoms with Crippen molar-refractivity contribution in [2.24, 2.45) is 11.8 Å². The summed E-state index contributed by atoms with van der Waals surface area (Å²) >= 11 is 0. The van der Waals surface area contributed by atoms with Crippen molar-refractivity contribution in [2.45, 2.75) is 228 Å². The number of aliphatic hydroxyl groups excluding tert-OH is 2. The Morgan fingerprint density at radius 2 is 0.574 bits per heavy atom. The van der Waals surface area contributed by atoms with Crippen LogP contribution in [0.2, 0.25) is 0 Å². The number of pyridine rings is 5. The summed E-state index contributed by atoms with van der Waals surface area (Å²) in [6.45, 7) is 38.0. The molecule has 6 aliphatic heterocycles. The van der Waals surface area contributed by atoms with E-state index in [0.29, 0.717) is 108 Å². The van der Waals surface area contributed by atoms with Gasteiger partial charge in [0.2, 0.25) is 46.9 Å². The summed E-state index contributed by atoms with van der Waals surface area (Å²) in [7, 11) is 0. The van der Waals surface area contributed by atoms with Gasteiger partial charge >= 0.3 is 0 Å². The minimum absolute atomic E-state index is 0.322. The fourth-order valence-electron chi connectivity index (χ4n) is 19.9. The van der Waals surface area contributed by atoms with Crippen LogP contribution >= 0.6 is 0 Å². The average Bonchev–Trinajstić information content (AvgIpc) is 1.79. The number of rotatable bonds is 24. The van der Waals surface area contributed by atoms with Crippen molar-refractivity contribution >= 4 is 83.6 Å². The largest absolute Gasteiger partial charge is 0.392 e. The maximum Gasteiger partial charge on any atom is 0.261 e. The number of aryl methyl sites for hydroxylation is 10. The smallest absolute Gasteiger partial charge is 0.261 e. The van der Waals surface area contributed by atoms with Crippen LogP contribution in [0.1, 0.15) is 167 Å². The van der Waals surface area contributed by atoms with Gasteiger partial charge in [0.15, 0.2) is 5.82 Å². The summed E-state index contributed by atoms with van der Waals surface area (Å²) in [6, 6.07) is 45.5. The molecule has 2 aliphatic carbocycles. The molecule has 8 fully saturated rings. The standard InChI is InChI=1S/C22H27N5O2.2C22H27N5O.2C21H27N5O2/c1-14-3-4-20-16(11-14)12-19(21-23-15(2)29-26-21)22(25-20)27-8-5-17(6-9-27)24-18-7-10-28-13-18;1-14-3-6-20-17(11-14)12-19(22-24-15(2)26-28-22)21(25-20)27-9-7-18(8-10-27)23-13-16-4-5-16;1-14-3-6-20-17(11-14)12-19(21-24-15(2)28-26-21)22(25-20)27-9-7-18(8-10-27)23-13-16-4-5-16;2*1-13-4-5-19-16(10-13)11-18(20-23-15(3)28-25-20)21(24-19)26-8-6-17(7-9-26)22-12-14(2)27/h3-4,11-12,17-18,24H,5-10,13H2,1-2H3;2*3,6,11-12,16,18,23H,4-5,7-10,13H2,1-2H3;2*4-5,10-11,14,17,22,27H,6-9,12H2,1-3H3/t;;;2*14-/m...10/s1. The van der Waals surface area contributed by atoms with Gasteiger partial charge in [-0.15, -0.1) is 0 Å².